The van der Waals surface area contributed by atoms with Crippen LogP contribution in [0.25, 0.3) is 0 Å². The molecule has 0 aromatic rings. The van der Waals surface area contributed by atoms with Gasteiger partial charge in [0, 0.05) is 0 Å². The molecule has 0 atom stereocenters. The Kier molecular flexibility index (Phi) is 2.33. The molecule has 0 aliphatic carbocycles. The van der Waals surface area contributed by atoms with E-state index in [1.165, 1.54) is 3.72 Å². The predicted molar refractivity (Wildman–Crippen MR) is 37.9 cm³/mol. The maximum atomic E-state index is 4.16. The third-order valence-electron chi connectivity index (χ3n) is 0.807. The Hall–Kier alpha value is 1.13. The number of rotatable bonds is 1. The normalized spacial score (nSPS) is 26.6. The van der Waals surface area contributed by atoms with E-state index in [0.717, 1.165) is 17.2 Å². The van der Waals surface area contributed by atoms with E-state index < -0.39 is 0 Å². The van der Waals surface area contributed by atoms with Gasteiger partial charge in [-0.3, -0.25) is 0 Å². The van der Waals surface area contributed by atoms with Gasteiger partial charge in [-0.1, -0.05) is 0 Å². The fraction of sp³-hybridized carbons (Fsp3) is 0.750. The van der Waals surface area contributed by atoms with Crippen LogP contribution in [0.1, 0.15) is 6.92 Å². The van der Waals surface area contributed by atoms with Gasteiger partial charge in [-0.25, -0.2) is 0 Å². The molecule has 1 aliphatic heterocycles. The van der Waals surface area contributed by atoms with Gasteiger partial charge < -0.3 is 0 Å². The van der Waals surface area contributed by atoms with E-state index in [1.807, 2.05) is 7.05 Å². The zero-order valence-electron chi connectivity index (χ0n) is 4.41. The first-order valence-corrected chi connectivity index (χ1v) is 12.5. The average Bonchev–Trinajstić information content (AvgIpc) is 2.44. The molecule has 1 nitrogen and oxygen atoms in total. The van der Waals surface area contributed by atoms with Crippen molar-refractivity contribution in [3.8, 4) is 0 Å². The van der Waals surface area contributed by atoms with Gasteiger partial charge in [-0.2, -0.15) is 0 Å². The van der Waals surface area contributed by atoms with Crippen molar-refractivity contribution in [1.82, 2.24) is 0 Å². The first-order valence-electron chi connectivity index (χ1n) is 2.04. The molecule has 0 radical (unpaired) electrons. The van der Waals surface area contributed by atoms with Crippen LogP contribution in [0.5, 0.6) is 0 Å². The quantitative estimate of drug-likeness (QED) is 0.317. The van der Waals surface area contributed by atoms with E-state index in [1.54, 1.807) is 2.43 Å². The molecule has 0 amide bonds. The zero-order chi connectivity index (χ0) is 5.28. The molecule has 0 bridgehead atoms. The molecule has 0 saturated carbocycles. The molecule has 0 spiro atoms. The van der Waals surface area contributed by atoms with Crippen molar-refractivity contribution < 1.29 is 17.2 Å². The monoisotopic (exact) mass is 324 g/mol. The van der Waals surface area contributed by atoms with Crippen molar-refractivity contribution in [2.75, 3.05) is 9.48 Å². The minimum absolute atomic E-state index is 0.299. The van der Waals surface area contributed by atoms with E-state index in [0.29, 0.717) is 0 Å². The predicted octanol–water partition coefficient (Wildman–Crippen LogP) is -1.48. The summed E-state index contributed by atoms with van der Waals surface area (Å²) in [5.41, 5.74) is 0. The van der Waals surface area contributed by atoms with Gasteiger partial charge in [0.15, 0.2) is 0 Å². The Morgan fingerprint density at radius 2 is 2.43 bits per heavy atom. The van der Waals surface area contributed by atoms with E-state index in [-0.39, 0.29) is 15.8 Å². The maximum absolute atomic E-state index is 4.16. The van der Waals surface area contributed by atoms with E-state index in [2.05, 4.69) is 11.9 Å². The Labute approximate surface area is 57.7 Å². The summed E-state index contributed by atoms with van der Waals surface area (Å²) in [6.07, 6.45) is 0. The van der Waals surface area contributed by atoms with Crippen molar-refractivity contribution >= 4 is 19.6 Å². The van der Waals surface area contributed by atoms with Crippen LogP contribution < -0.4 is 17.2 Å². The molecular formula is C4H8I2N-. The second-order valence-corrected chi connectivity index (χ2v) is 20.0. The van der Waals surface area contributed by atoms with Crippen molar-refractivity contribution in [2.24, 2.45) is 4.99 Å². The van der Waals surface area contributed by atoms with Gasteiger partial charge in [-0.15, -0.1) is 0 Å². The molecule has 1 fully saturated rings. The van der Waals surface area contributed by atoms with Gasteiger partial charge in [0.1, 0.15) is 0 Å². The van der Waals surface area contributed by atoms with Gasteiger partial charge in [-0.05, 0) is 0 Å². The molecule has 1 rings (SSSR count). The summed E-state index contributed by atoms with van der Waals surface area (Å²) in [7, 11) is 1.93. The number of aliphatic imine (C=N–C) groups is 1. The van der Waals surface area contributed by atoms with E-state index in [4.69, 9.17) is 0 Å². The standard InChI is InChI=1S/C4H8I2N/c1-4(7-2)6-3-5-6/h3H2,1-2H3/q-1. The number of halogens is 2. The number of nitrogens with zero attached hydrogens (tertiary/aromatic N) is 1. The molecule has 0 N–H and O–H groups in total. The van der Waals surface area contributed by atoms with Crippen molar-refractivity contribution in [1.29, 1.82) is 0 Å². The van der Waals surface area contributed by atoms with Crippen LogP contribution in [-0.4, -0.2) is 13.2 Å². The van der Waals surface area contributed by atoms with Crippen LogP contribution in [0.2, 0.25) is 0 Å². The molecule has 0 aromatic carbocycles. The van der Waals surface area contributed by atoms with Crippen LogP contribution in [0, 0.1) is 0 Å². The third kappa shape index (κ3) is 1.83. The van der Waals surface area contributed by atoms with Crippen molar-refractivity contribution in [3.05, 3.63) is 0 Å². The van der Waals surface area contributed by atoms with Gasteiger partial charge in [0.2, 0.25) is 0 Å². The molecule has 1 heterocycles. The van der Waals surface area contributed by atoms with Crippen LogP contribution in [0.15, 0.2) is 4.99 Å². The summed E-state index contributed by atoms with van der Waals surface area (Å²) in [6, 6.07) is 0. The first kappa shape index (κ1) is 6.25. The topological polar surface area (TPSA) is 12.4 Å². The Morgan fingerprint density at radius 3 is 2.57 bits per heavy atom. The molecule has 44 valence electrons. The molecule has 1 saturated heterocycles. The first-order chi connectivity index (χ1) is 3.34. The SMILES string of the molecule is CN=C(C)I1C[I-]1. The Balaban J connectivity index is 2.37. The fourth-order valence-corrected chi connectivity index (χ4v) is 14.2. The van der Waals surface area contributed by atoms with E-state index >= 15 is 0 Å². The fourth-order valence-electron chi connectivity index (χ4n) is 0.257. The average molecular weight is 324 g/mol. The summed E-state index contributed by atoms with van der Waals surface area (Å²) in [4.78, 5) is 4.16. The van der Waals surface area contributed by atoms with Gasteiger partial charge in [0.05, 0.1) is 0 Å². The Morgan fingerprint density at radius 1 is 1.86 bits per heavy atom. The summed E-state index contributed by atoms with van der Waals surface area (Å²) >= 11 is 0.454. The van der Waals surface area contributed by atoms with Crippen LogP contribution in [-0.2, 0) is 0 Å². The Bertz CT molecular complexity index is 95.9. The van der Waals surface area contributed by atoms with Crippen molar-refractivity contribution in [3.63, 3.8) is 0 Å². The molecule has 7 heavy (non-hydrogen) atoms. The molecule has 3 heteroatoms. The summed E-state index contributed by atoms with van der Waals surface area (Å²) in [5, 5.41) is 0. The zero-order valence-corrected chi connectivity index (χ0v) is 8.73. The summed E-state index contributed by atoms with van der Waals surface area (Å²) < 4.78 is 3.18. The van der Waals surface area contributed by atoms with Gasteiger partial charge in [0.25, 0.3) is 0 Å². The second-order valence-electron chi connectivity index (χ2n) is 1.23. The van der Waals surface area contributed by atoms with Crippen LogP contribution >= 0.6 is 15.8 Å². The summed E-state index contributed by atoms with van der Waals surface area (Å²) in [6.45, 7) is 2.21. The number of hydrogen-bond acceptors (Lipinski definition) is 1. The second kappa shape index (κ2) is 2.61. The molecule has 0 unspecified atom stereocenters. The summed E-state index contributed by atoms with van der Waals surface area (Å²) in [5.74, 6) is 0. The minimum atomic E-state index is -0.299. The van der Waals surface area contributed by atoms with E-state index in [9.17, 15) is 0 Å². The third-order valence-corrected chi connectivity index (χ3v) is 15.8. The molecule has 1 aliphatic rings. The van der Waals surface area contributed by atoms with Gasteiger partial charge >= 0.3 is 58.2 Å². The molecular weight excluding hydrogens is 316 g/mol. The number of alkyl halides is 2. The van der Waals surface area contributed by atoms with Crippen LogP contribution in [0.4, 0.5) is 0 Å². The molecule has 0 aromatic heterocycles. The number of hydrogen-bond donors (Lipinski definition) is 0. The van der Waals surface area contributed by atoms with Crippen LogP contribution in [0.3, 0.4) is 0 Å². The van der Waals surface area contributed by atoms with Crippen molar-refractivity contribution in [2.45, 2.75) is 6.92 Å².